The van der Waals surface area contributed by atoms with Gasteiger partial charge in [0, 0.05) is 18.8 Å². The first-order valence-corrected chi connectivity index (χ1v) is 6.24. The fourth-order valence-electron chi connectivity index (χ4n) is 1.65. The standard InChI is InChI=1S/C13H18N4O/c1-3-6-15-10(2)13-16-12(17-18-13)9-11-4-7-14-8-5-11/h4-5,7-8,10,15H,3,6,9H2,1-2H3. The number of hydrogen-bond acceptors (Lipinski definition) is 5. The Morgan fingerprint density at radius 1 is 1.33 bits per heavy atom. The fraction of sp³-hybridized carbons (Fsp3) is 0.462. The number of rotatable bonds is 6. The van der Waals surface area contributed by atoms with E-state index in [0.29, 0.717) is 18.1 Å². The fourth-order valence-corrected chi connectivity index (χ4v) is 1.65. The maximum atomic E-state index is 5.26. The second-order valence-electron chi connectivity index (χ2n) is 4.26. The van der Waals surface area contributed by atoms with E-state index in [9.17, 15) is 0 Å². The van der Waals surface area contributed by atoms with Crippen LogP contribution in [0.3, 0.4) is 0 Å². The van der Waals surface area contributed by atoms with Crippen molar-refractivity contribution >= 4 is 0 Å². The molecule has 0 aromatic carbocycles. The molecule has 1 N–H and O–H groups in total. The van der Waals surface area contributed by atoms with Crippen molar-refractivity contribution in [2.24, 2.45) is 0 Å². The first-order chi connectivity index (χ1) is 8.79. The molecule has 1 atom stereocenters. The molecule has 2 rings (SSSR count). The van der Waals surface area contributed by atoms with Crippen LogP contribution in [0.25, 0.3) is 0 Å². The normalized spacial score (nSPS) is 12.6. The van der Waals surface area contributed by atoms with Crippen LogP contribution in [0.5, 0.6) is 0 Å². The summed E-state index contributed by atoms with van der Waals surface area (Å²) in [5.74, 6) is 1.36. The van der Waals surface area contributed by atoms with Crippen LogP contribution in [0.2, 0.25) is 0 Å². The minimum absolute atomic E-state index is 0.101. The van der Waals surface area contributed by atoms with Gasteiger partial charge in [-0.05, 0) is 37.6 Å². The molecule has 0 saturated heterocycles. The molecule has 0 aliphatic heterocycles. The summed E-state index contributed by atoms with van der Waals surface area (Å²) in [7, 11) is 0. The van der Waals surface area contributed by atoms with Gasteiger partial charge in [0.05, 0.1) is 6.04 Å². The summed E-state index contributed by atoms with van der Waals surface area (Å²) in [6, 6.07) is 4.01. The van der Waals surface area contributed by atoms with Gasteiger partial charge in [0.1, 0.15) is 0 Å². The van der Waals surface area contributed by atoms with Crippen LogP contribution in [0, 0.1) is 0 Å². The molecule has 2 heterocycles. The van der Waals surface area contributed by atoms with E-state index in [1.165, 1.54) is 0 Å². The second kappa shape index (κ2) is 6.26. The second-order valence-corrected chi connectivity index (χ2v) is 4.26. The smallest absolute Gasteiger partial charge is 0.243 e. The van der Waals surface area contributed by atoms with Crippen LogP contribution in [-0.2, 0) is 6.42 Å². The zero-order chi connectivity index (χ0) is 12.8. The van der Waals surface area contributed by atoms with E-state index < -0.39 is 0 Å². The monoisotopic (exact) mass is 246 g/mol. The van der Waals surface area contributed by atoms with Crippen molar-refractivity contribution < 1.29 is 4.52 Å². The molecule has 2 aromatic rings. The third-order valence-electron chi connectivity index (χ3n) is 2.67. The average molecular weight is 246 g/mol. The summed E-state index contributed by atoms with van der Waals surface area (Å²) < 4.78 is 5.26. The number of aromatic nitrogens is 3. The Balaban J connectivity index is 1.98. The number of nitrogens with one attached hydrogen (secondary N) is 1. The van der Waals surface area contributed by atoms with Crippen molar-refractivity contribution in [3.63, 3.8) is 0 Å². The van der Waals surface area contributed by atoms with Gasteiger partial charge in [-0.25, -0.2) is 0 Å². The molecule has 0 bridgehead atoms. The molecule has 0 saturated carbocycles. The van der Waals surface area contributed by atoms with Crippen molar-refractivity contribution in [3.05, 3.63) is 41.8 Å². The van der Waals surface area contributed by atoms with E-state index in [4.69, 9.17) is 4.52 Å². The summed E-state index contributed by atoms with van der Waals surface area (Å²) in [5, 5.41) is 7.31. The minimum atomic E-state index is 0.101. The van der Waals surface area contributed by atoms with Gasteiger partial charge in [-0.3, -0.25) is 4.98 Å². The van der Waals surface area contributed by atoms with Crippen LogP contribution in [0.15, 0.2) is 29.0 Å². The van der Waals surface area contributed by atoms with E-state index in [2.05, 4.69) is 27.4 Å². The molecule has 0 radical (unpaired) electrons. The SMILES string of the molecule is CCCNC(C)c1nc(Cc2ccncc2)no1. The predicted molar refractivity (Wildman–Crippen MR) is 68.0 cm³/mol. The lowest BCUT2D eigenvalue weighted by Gasteiger charge is -2.06. The molecule has 96 valence electrons. The van der Waals surface area contributed by atoms with Gasteiger partial charge in [-0.1, -0.05) is 12.1 Å². The molecule has 2 aromatic heterocycles. The van der Waals surface area contributed by atoms with Crippen LogP contribution in [0.4, 0.5) is 0 Å². The van der Waals surface area contributed by atoms with E-state index in [1.807, 2.05) is 19.1 Å². The van der Waals surface area contributed by atoms with E-state index in [-0.39, 0.29) is 6.04 Å². The molecular formula is C13H18N4O. The highest BCUT2D eigenvalue weighted by molar-refractivity contribution is 5.14. The van der Waals surface area contributed by atoms with Gasteiger partial charge >= 0.3 is 0 Å². The molecule has 0 amide bonds. The molecule has 0 aliphatic rings. The predicted octanol–water partition coefficient (Wildman–Crippen LogP) is 2.12. The molecule has 5 heteroatoms. The Morgan fingerprint density at radius 2 is 2.11 bits per heavy atom. The largest absolute Gasteiger partial charge is 0.338 e. The first kappa shape index (κ1) is 12.7. The highest BCUT2D eigenvalue weighted by Crippen LogP contribution is 2.11. The Labute approximate surface area is 107 Å². The van der Waals surface area contributed by atoms with Crippen molar-refractivity contribution in [2.45, 2.75) is 32.7 Å². The van der Waals surface area contributed by atoms with Crippen molar-refractivity contribution in [3.8, 4) is 0 Å². The quantitative estimate of drug-likeness (QED) is 0.845. The highest BCUT2D eigenvalue weighted by Gasteiger charge is 2.13. The summed E-state index contributed by atoms with van der Waals surface area (Å²) in [5.41, 5.74) is 1.13. The zero-order valence-corrected chi connectivity index (χ0v) is 10.8. The van der Waals surface area contributed by atoms with Crippen LogP contribution < -0.4 is 5.32 Å². The first-order valence-electron chi connectivity index (χ1n) is 6.24. The number of nitrogens with zero attached hydrogens (tertiary/aromatic N) is 3. The molecule has 0 aliphatic carbocycles. The number of hydrogen-bond donors (Lipinski definition) is 1. The van der Waals surface area contributed by atoms with Gasteiger partial charge < -0.3 is 9.84 Å². The Bertz CT molecular complexity index is 469. The van der Waals surface area contributed by atoms with Crippen LogP contribution >= 0.6 is 0 Å². The lowest BCUT2D eigenvalue weighted by atomic mass is 10.2. The van der Waals surface area contributed by atoms with Gasteiger partial charge in [-0.15, -0.1) is 0 Å². The maximum absolute atomic E-state index is 5.26. The maximum Gasteiger partial charge on any atom is 0.243 e. The van der Waals surface area contributed by atoms with Crippen LogP contribution in [0.1, 0.15) is 43.6 Å². The summed E-state index contributed by atoms with van der Waals surface area (Å²) in [6.07, 6.45) is 5.29. The van der Waals surface area contributed by atoms with E-state index >= 15 is 0 Å². The van der Waals surface area contributed by atoms with Gasteiger partial charge in [0.25, 0.3) is 0 Å². The lowest BCUT2D eigenvalue weighted by Crippen LogP contribution is -2.19. The molecule has 0 spiro atoms. The van der Waals surface area contributed by atoms with E-state index in [1.54, 1.807) is 12.4 Å². The Morgan fingerprint density at radius 3 is 2.83 bits per heavy atom. The molecule has 18 heavy (non-hydrogen) atoms. The van der Waals surface area contributed by atoms with E-state index in [0.717, 1.165) is 18.5 Å². The summed E-state index contributed by atoms with van der Waals surface area (Å²) in [4.78, 5) is 8.38. The summed E-state index contributed by atoms with van der Waals surface area (Å²) >= 11 is 0. The van der Waals surface area contributed by atoms with Crippen LogP contribution in [-0.4, -0.2) is 21.7 Å². The third kappa shape index (κ3) is 3.37. The highest BCUT2D eigenvalue weighted by atomic mass is 16.5. The van der Waals surface area contributed by atoms with Gasteiger partial charge in [0.15, 0.2) is 5.82 Å². The van der Waals surface area contributed by atoms with Crippen molar-refractivity contribution in [1.82, 2.24) is 20.4 Å². The molecule has 1 unspecified atom stereocenters. The average Bonchev–Trinajstić information content (AvgIpc) is 2.86. The Hall–Kier alpha value is -1.75. The van der Waals surface area contributed by atoms with Crippen molar-refractivity contribution in [1.29, 1.82) is 0 Å². The molecular weight excluding hydrogens is 228 g/mol. The van der Waals surface area contributed by atoms with Crippen molar-refractivity contribution in [2.75, 3.05) is 6.54 Å². The molecule has 5 nitrogen and oxygen atoms in total. The van der Waals surface area contributed by atoms with Gasteiger partial charge in [0.2, 0.25) is 5.89 Å². The summed E-state index contributed by atoms with van der Waals surface area (Å²) in [6.45, 7) is 5.10. The van der Waals surface area contributed by atoms with Gasteiger partial charge in [-0.2, -0.15) is 4.98 Å². The lowest BCUT2D eigenvalue weighted by molar-refractivity contribution is 0.337. The zero-order valence-electron chi connectivity index (χ0n) is 10.8. The number of pyridine rings is 1. The topological polar surface area (TPSA) is 63.8 Å². The Kier molecular flexibility index (Phi) is 4.41. The molecule has 0 fully saturated rings. The third-order valence-corrected chi connectivity index (χ3v) is 2.67. The minimum Gasteiger partial charge on any atom is -0.338 e.